The minimum absolute atomic E-state index is 0.0301. The maximum Gasteiger partial charge on any atom is 0.416 e. The molecule has 0 aliphatic carbocycles. The maximum absolute atomic E-state index is 13.2. The van der Waals surface area contributed by atoms with Crippen LogP contribution in [0.3, 0.4) is 0 Å². The van der Waals surface area contributed by atoms with Crippen LogP contribution in [0.25, 0.3) is 0 Å². The first-order valence-electron chi connectivity index (χ1n) is 10.9. The van der Waals surface area contributed by atoms with Crippen molar-refractivity contribution >= 4 is 23.5 Å². The van der Waals surface area contributed by atoms with Crippen LogP contribution in [0.2, 0.25) is 0 Å². The molecule has 0 saturated carbocycles. The molecule has 1 fully saturated rings. The molecule has 2 amide bonds. The predicted octanol–water partition coefficient (Wildman–Crippen LogP) is 3.81. The van der Waals surface area contributed by atoms with Gasteiger partial charge in [0, 0.05) is 18.3 Å². The molecule has 2 heterocycles. The van der Waals surface area contributed by atoms with Gasteiger partial charge in [-0.05, 0) is 55.3 Å². The van der Waals surface area contributed by atoms with Crippen LogP contribution in [0.15, 0.2) is 42.5 Å². The van der Waals surface area contributed by atoms with Gasteiger partial charge in [0.2, 0.25) is 0 Å². The smallest absolute Gasteiger partial charge is 0.416 e. The summed E-state index contributed by atoms with van der Waals surface area (Å²) in [6.07, 6.45) is -4.54. The second kappa shape index (κ2) is 9.57. The number of fused-ring (bicyclic) bond motifs is 2. The van der Waals surface area contributed by atoms with Crippen LogP contribution >= 0.6 is 0 Å². The first kappa shape index (κ1) is 24.5. The molecule has 0 radical (unpaired) electrons. The van der Waals surface area contributed by atoms with Gasteiger partial charge >= 0.3 is 12.1 Å². The van der Waals surface area contributed by atoms with Gasteiger partial charge in [-0.15, -0.1) is 0 Å². The van der Waals surface area contributed by atoms with Crippen LogP contribution in [0.4, 0.5) is 18.9 Å². The number of rotatable bonds is 4. The van der Waals surface area contributed by atoms with E-state index in [1.54, 1.807) is 7.05 Å². The zero-order valence-corrected chi connectivity index (χ0v) is 18.7. The van der Waals surface area contributed by atoms with Crippen molar-refractivity contribution in [3.05, 3.63) is 59.2 Å². The summed E-state index contributed by atoms with van der Waals surface area (Å²) >= 11 is 0. The number of nitrogens with zero attached hydrogens (tertiary/aromatic N) is 1. The van der Waals surface area contributed by atoms with Crippen LogP contribution in [0.1, 0.15) is 45.5 Å². The highest BCUT2D eigenvalue weighted by Gasteiger charge is 2.39. The fraction of sp³-hybridized carbons (Fsp3) is 0.375. The molecule has 0 aromatic heterocycles. The number of carbonyl (C=O) groups excluding carboxylic acids is 2. The SMILES string of the molecule is CN1C(=O)c2cc(NC(=O)c3ccc(C(F)(F)F)cc3)ccc2OC[C@H]2O[C@H](CC(=O)O)CC[C@H]21. The van der Waals surface area contributed by atoms with E-state index >= 15 is 0 Å². The fourth-order valence-electron chi connectivity index (χ4n) is 4.31. The van der Waals surface area contributed by atoms with Crippen LogP contribution < -0.4 is 10.1 Å². The highest BCUT2D eigenvalue weighted by Crippen LogP contribution is 2.33. The zero-order valence-electron chi connectivity index (χ0n) is 18.7. The third-order valence-corrected chi connectivity index (χ3v) is 6.15. The highest BCUT2D eigenvalue weighted by atomic mass is 19.4. The van der Waals surface area contributed by atoms with E-state index in [-0.39, 0.29) is 47.5 Å². The van der Waals surface area contributed by atoms with E-state index in [4.69, 9.17) is 14.6 Å². The topological polar surface area (TPSA) is 105 Å². The Labute approximate surface area is 198 Å². The van der Waals surface area contributed by atoms with Crippen molar-refractivity contribution in [2.24, 2.45) is 0 Å². The first-order valence-corrected chi connectivity index (χ1v) is 10.9. The molecule has 0 bridgehead atoms. The molecule has 4 rings (SSSR count). The number of alkyl halides is 3. The lowest BCUT2D eigenvalue weighted by Crippen LogP contribution is -2.53. The summed E-state index contributed by atoms with van der Waals surface area (Å²) in [5, 5.41) is 11.6. The van der Waals surface area contributed by atoms with Crippen LogP contribution in [-0.4, -0.2) is 59.7 Å². The summed E-state index contributed by atoms with van der Waals surface area (Å²) < 4.78 is 50.0. The van der Waals surface area contributed by atoms with Gasteiger partial charge < -0.3 is 24.8 Å². The van der Waals surface area contributed by atoms with Crippen LogP contribution in [0.5, 0.6) is 5.75 Å². The number of nitrogens with one attached hydrogen (secondary N) is 1. The minimum Gasteiger partial charge on any atom is -0.490 e. The molecule has 0 unspecified atom stereocenters. The van der Waals surface area contributed by atoms with E-state index in [0.717, 1.165) is 24.3 Å². The van der Waals surface area contributed by atoms with Gasteiger partial charge in [-0.3, -0.25) is 14.4 Å². The molecule has 1 saturated heterocycles. The lowest BCUT2D eigenvalue weighted by molar-refractivity contribution is -0.148. The van der Waals surface area contributed by atoms with Gasteiger partial charge in [-0.25, -0.2) is 0 Å². The monoisotopic (exact) mass is 492 g/mol. The average molecular weight is 492 g/mol. The molecule has 2 aliphatic heterocycles. The third-order valence-electron chi connectivity index (χ3n) is 6.15. The summed E-state index contributed by atoms with van der Waals surface area (Å²) in [4.78, 5) is 38.3. The van der Waals surface area contributed by atoms with Gasteiger partial charge in [0.1, 0.15) is 18.5 Å². The molecule has 186 valence electrons. The number of carbonyl (C=O) groups is 3. The van der Waals surface area contributed by atoms with Crippen LogP contribution in [-0.2, 0) is 15.7 Å². The first-order chi connectivity index (χ1) is 16.5. The molecule has 0 spiro atoms. The normalized spacial score (nSPS) is 22.2. The number of carboxylic acid groups (broad SMARTS) is 1. The second-order valence-corrected chi connectivity index (χ2v) is 8.51. The molecule has 35 heavy (non-hydrogen) atoms. The van der Waals surface area contributed by atoms with Crippen molar-refractivity contribution in [1.82, 2.24) is 4.90 Å². The molecule has 3 atom stereocenters. The van der Waals surface area contributed by atoms with Crippen molar-refractivity contribution < 1.29 is 42.1 Å². The van der Waals surface area contributed by atoms with Crippen molar-refractivity contribution in [2.75, 3.05) is 19.0 Å². The number of amides is 2. The summed E-state index contributed by atoms with van der Waals surface area (Å²) in [7, 11) is 1.63. The molecule has 11 heteroatoms. The molecular weight excluding hydrogens is 469 g/mol. The van der Waals surface area contributed by atoms with Crippen molar-refractivity contribution in [1.29, 1.82) is 0 Å². The number of aliphatic carboxylic acids is 1. The van der Waals surface area contributed by atoms with Crippen molar-refractivity contribution in [3.8, 4) is 5.75 Å². The predicted molar refractivity (Wildman–Crippen MR) is 117 cm³/mol. The van der Waals surface area contributed by atoms with E-state index < -0.39 is 35.8 Å². The third kappa shape index (κ3) is 5.40. The summed E-state index contributed by atoms with van der Waals surface area (Å²) in [5.41, 5.74) is -0.343. The molecule has 2 aliphatic rings. The number of likely N-dealkylation sites (N-methyl/N-ethyl adjacent to an activating group) is 1. The Bertz CT molecular complexity index is 1140. The van der Waals surface area contributed by atoms with Gasteiger partial charge in [-0.2, -0.15) is 13.2 Å². The summed E-state index contributed by atoms with van der Waals surface area (Å²) in [6, 6.07) is 7.97. The Morgan fingerprint density at radius 2 is 1.86 bits per heavy atom. The van der Waals surface area contributed by atoms with E-state index in [2.05, 4.69) is 5.32 Å². The Hall–Kier alpha value is -3.60. The number of carboxylic acids is 1. The number of halogens is 3. The molecule has 2 aromatic rings. The number of ether oxygens (including phenoxy) is 2. The van der Waals surface area contributed by atoms with Gasteiger partial charge in [0.05, 0.1) is 29.7 Å². The largest absolute Gasteiger partial charge is 0.490 e. The second-order valence-electron chi connectivity index (χ2n) is 8.51. The molecular formula is C24H23F3N2O6. The Kier molecular flexibility index (Phi) is 6.70. The van der Waals surface area contributed by atoms with E-state index in [9.17, 15) is 27.6 Å². The van der Waals surface area contributed by atoms with E-state index in [0.29, 0.717) is 12.8 Å². The molecule has 2 aromatic carbocycles. The van der Waals surface area contributed by atoms with E-state index in [1.807, 2.05) is 0 Å². The van der Waals surface area contributed by atoms with Gasteiger partial charge in [0.25, 0.3) is 11.8 Å². The van der Waals surface area contributed by atoms with Crippen LogP contribution in [0, 0.1) is 0 Å². The zero-order chi connectivity index (χ0) is 25.3. The lowest BCUT2D eigenvalue weighted by atomic mass is 9.94. The van der Waals surface area contributed by atoms with Crippen molar-refractivity contribution in [3.63, 3.8) is 0 Å². The highest BCUT2D eigenvalue weighted by molar-refractivity contribution is 6.05. The van der Waals surface area contributed by atoms with Gasteiger partial charge in [-0.1, -0.05) is 0 Å². The Balaban J connectivity index is 1.50. The number of benzene rings is 2. The minimum atomic E-state index is -4.50. The molecule has 2 N–H and O–H groups in total. The van der Waals surface area contributed by atoms with E-state index in [1.165, 1.54) is 23.1 Å². The van der Waals surface area contributed by atoms with Crippen molar-refractivity contribution in [2.45, 2.75) is 43.7 Å². The quantitative estimate of drug-likeness (QED) is 0.673. The lowest BCUT2D eigenvalue weighted by Gasteiger charge is -2.42. The number of anilines is 1. The molecule has 8 nitrogen and oxygen atoms in total. The number of hydrogen-bond acceptors (Lipinski definition) is 5. The summed E-state index contributed by atoms with van der Waals surface area (Å²) in [5.74, 6) is -1.67. The number of hydrogen-bond donors (Lipinski definition) is 2. The summed E-state index contributed by atoms with van der Waals surface area (Å²) in [6.45, 7) is 0.114. The fourth-order valence-corrected chi connectivity index (χ4v) is 4.31. The maximum atomic E-state index is 13.2. The Morgan fingerprint density at radius 1 is 1.14 bits per heavy atom. The Morgan fingerprint density at radius 3 is 2.51 bits per heavy atom. The standard InChI is InChI=1S/C24H23F3N2O6/c1-29-18-8-7-16(11-21(30)31)35-20(18)12-34-19-9-6-15(10-17(19)23(29)33)28-22(32)13-2-4-14(5-3-13)24(25,26)27/h2-6,9-10,16,18,20H,7-8,11-12H2,1H3,(H,28,32)(H,30,31)/t16-,18+,20+/m0/s1. The average Bonchev–Trinajstić information content (AvgIpc) is 2.81. The van der Waals surface area contributed by atoms with Gasteiger partial charge in [0.15, 0.2) is 0 Å².